The van der Waals surface area contributed by atoms with Gasteiger partial charge in [0.25, 0.3) is 0 Å². The van der Waals surface area contributed by atoms with Crippen molar-refractivity contribution in [3.63, 3.8) is 0 Å². The zero-order chi connectivity index (χ0) is 18.5. The van der Waals surface area contributed by atoms with Gasteiger partial charge in [-0.25, -0.2) is 0 Å². The molecule has 2 aliphatic rings. The summed E-state index contributed by atoms with van der Waals surface area (Å²) < 4.78 is 5.79. The quantitative estimate of drug-likeness (QED) is 0.644. The minimum absolute atomic E-state index is 0.00887. The molecule has 1 aliphatic carbocycles. The van der Waals surface area contributed by atoms with Crippen molar-refractivity contribution in [3.05, 3.63) is 48.0 Å². The van der Waals surface area contributed by atoms with Crippen LogP contribution in [0.3, 0.4) is 0 Å². The number of amides is 2. The average Bonchev–Trinajstić information content (AvgIpc) is 3.48. The Bertz CT molecular complexity index is 657. The predicted octanol–water partition coefficient (Wildman–Crippen LogP) is 1.46. The molecular weight excluding hydrogens is 332 g/mol. The number of carbonyl (C=O) groups excluding carboxylic acids is 2. The molecule has 1 aromatic carbocycles. The molecule has 4 atom stereocenters. The lowest BCUT2D eigenvalue weighted by molar-refractivity contribution is -0.129. The van der Waals surface area contributed by atoms with Gasteiger partial charge in [0, 0.05) is 5.92 Å². The summed E-state index contributed by atoms with van der Waals surface area (Å²) in [4.78, 5) is 24.2. The van der Waals surface area contributed by atoms with E-state index < -0.39 is 12.2 Å². The molecule has 0 radical (unpaired) electrons. The first-order valence-corrected chi connectivity index (χ1v) is 9.16. The summed E-state index contributed by atoms with van der Waals surface area (Å²) in [5.41, 5.74) is 1.04. The second kappa shape index (κ2) is 8.47. The van der Waals surface area contributed by atoms with Crippen LogP contribution in [0.25, 0.3) is 0 Å². The van der Waals surface area contributed by atoms with Crippen LogP contribution in [0.2, 0.25) is 0 Å². The molecule has 26 heavy (non-hydrogen) atoms. The molecule has 1 aliphatic heterocycles. The van der Waals surface area contributed by atoms with Crippen LogP contribution in [0, 0.1) is 5.92 Å². The van der Waals surface area contributed by atoms with E-state index in [9.17, 15) is 14.7 Å². The van der Waals surface area contributed by atoms with Gasteiger partial charge < -0.3 is 20.5 Å². The van der Waals surface area contributed by atoms with Gasteiger partial charge in [-0.2, -0.15) is 0 Å². The van der Waals surface area contributed by atoms with E-state index in [1.54, 1.807) is 6.08 Å². The van der Waals surface area contributed by atoms with Crippen LogP contribution in [0.4, 0.5) is 0 Å². The third-order valence-corrected chi connectivity index (χ3v) is 4.78. The number of rotatable bonds is 7. The summed E-state index contributed by atoms with van der Waals surface area (Å²) in [6, 6.07) is 9.31. The van der Waals surface area contributed by atoms with Crippen molar-refractivity contribution in [3.8, 4) is 0 Å². The van der Waals surface area contributed by atoms with Gasteiger partial charge in [0.1, 0.15) is 6.10 Å². The molecule has 0 spiro atoms. The van der Waals surface area contributed by atoms with Crippen LogP contribution in [-0.2, 0) is 14.3 Å². The van der Waals surface area contributed by atoms with Crippen molar-refractivity contribution in [2.75, 3.05) is 6.61 Å². The molecule has 6 heteroatoms. The van der Waals surface area contributed by atoms with E-state index in [4.69, 9.17) is 4.74 Å². The van der Waals surface area contributed by atoms with Crippen molar-refractivity contribution in [2.24, 2.45) is 5.92 Å². The molecule has 0 aromatic heterocycles. The van der Waals surface area contributed by atoms with E-state index >= 15 is 0 Å². The highest BCUT2D eigenvalue weighted by molar-refractivity contribution is 5.81. The van der Waals surface area contributed by atoms with Crippen molar-refractivity contribution >= 4 is 11.8 Å². The Balaban J connectivity index is 1.51. The summed E-state index contributed by atoms with van der Waals surface area (Å²) >= 11 is 0. The van der Waals surface area contributed by atoms with Gasteiger partial charge in [-0.3, -0.25) is 9.59 Å². The average molecular weight is 358 g/mol. The molecular formula is C20H26N2O4. The minimum atomic E-state index is -0.535. The topological polar surface area (TPSA) is 87.7 Å². The Labute approximate surface area is 153 Å². The van der Waals surface area contributed by atoms with Crippen molar-refractivity contribution in [2.45, 2.75) is 50.5 Å². The number of aliphatic hydroxyl groups is 1. The van der Waals surface area contributed by atoms with Crippen molar-refractivity contribution in [1.82, 2.24) is 10.6 Å². The lowest BCUT2D eigenvalue weighted by Crippen LogP contribution is -2.49. The molecule has 0 saturated heterocycles. The second-order valence-electron chi connectivity index (χ2n) is 6.99. The number of benzene rings is 1. The van der Waals surface area contributed by atoms with E-state index in [0.717, 1.165) is 18.4 Å². The fraction of sp³-hybridized carbons (Fsp3) is 0.500. The van der Waals surface area contributed by atoms with E-state index in [2.05, 4.69) is 10.6 Å². The largest absolute Gasteiger partial charge is 0.394 e. The standard InChI is InChI=1S/C20H26N2O4/c1-13(14-5-3-2-4-6-14)21-19(24)11-16-9-10-17(18(12-23)26-16)22-20(25)15-7-8-15/h2-6,9-10,13,15-18,23H,7-8,11-12H2,1H3,(H,21,24)(H,22,25)/t13-,16+,17-,18-/m1/s1. The first-order chi connectivity index (χ1) is 12.6. The first-order valence-electron chi connectivity index (χ1n) is 9.16. The molecule has 3 N–H and O–H groups in total. The molecule has 1 aromatic rings. The van der Waals surface area contributed by atoms with Crippen LogP contribution in [-0.4, -0.2) is 41.8 Å². The molecule has 3 rings (SSSR count). The summed E-state index contributed by atoms with van der Waals surface area (Å²) in [5, 5.41) is 15.4. The van der Waals surface area contributed by atoms with E-state index in [1.807, 2.05) is 43.3 Å². The summed E-state index contributed by atoms with van der Waals surface area (Å²) in [5.74, 6) is -0.00606. The van der Waals surface area contributed by atoms with Gasteiger partial charge in [0.05, 0.1) is 31.2 Å². The molecule has 140 valence electrons. The molecule has 2 amide bonds. The summed E-state index contributed by atoms with van der Waals surface area (Å²) in [6.45, 7) is 1.73. The van der Waals surface area contributed by atoms with Gasteiger partial charge >= 0.3 is 0 Å². The lowest BCUT2D eigenvalue weighted by Gasteiger charge is -2.32. The van der Waals surface area contributed by atoms with Crippen LogP contribution in [0.15, 0.2) is 42.5 Å². The minimum Gasteiger partial charge on any atom is -0.394 e. The highest BCUT2D eigenvalue weighted by atomic mass is 16.5. The van der Waals surface area contributed by atoms with E-state index in [-0.39, 0.29) is 42.8 Å². The van der Waals surface area contributed by atoms with Crippen LogP contribution in [0.1, 0.15) is 37.8 Å². The molecule has 0 bridgehead atoms. The zero-order valence-electron chi connectivity index (χ0n) is 14.9. The van der Waals surface area contributed by atoms with Crippen LogP contribution >= 0.6 is 0 Å². The Morgan fingerprint density at radius 1 is 1.23 bits per heavy atom. The highest BCUT2D eigenvalue weighted by Gasteiger charge is 2.34. The Morgan fingerprint density at radius 3 is 2.62 bits per heavy atom. The van der Waals surface area contributed by atoms with Crippen LogP contribution in [0.5, 0.6) is 0 Å². The normalized spacial score (nSPS) is 26.2. The predicted molar refractivity (Wildman–Crippen MR) is 97.2 cm³/mol. The lowest BCUT2D eigenvalue weighted by atomic mass is 10.0. The van der Waals surface area contributed by atoms with Gasteiger partial charge in [0.15, 0.2) is 0 Å². The maximum atomic E-state index is 12.3. The maximum absolute atomic E-state index is 12.3. The number of hydrogen-bond donors (Lipinski definition) is 3. The first kappa shape index (κ1) is 18.6. The second-order valence-corrected chi connectivity index (χ2v) is 6.99. The Morgan fingerprint density at radius 2 is 1.96 bits per heavy atom. The monoisotopic (exact) mass is 358 g/mol. The van der Waals surface area contributed by atoms with Gasteiger partial charge in [-0.05, 0) is 25.3 Å². The van der Waals surface area contributed by atoms with Crippen molar-refractivity contribution < 1.29 is 19.4 Å². The number of ether oxygens (including phenoxy) is 1. The third-order valence-electron chi connectivity index (χ3n) is 4.78. The maximum Gasteiger partial charge on any atom is 0.223 e. The number of aliphatic hydroxyl groups excluding tert-OH is 1. The SMILES string of the molecule is C[C@@H](NC(=O)C[C@@H]1C=C[C@@H](NC(=O)C2CC2)[C@@H](CO)O1)c1ccccc1. The summed E-state index contributed by atoms with van der Waals surface area (Å²) in [7, 11) is 0. The Hall–Kier alpha value is -2.18. The molecule has 0 unspecified atom stereocenters. The van der Waals surface area contributed by atoms with E-state index in [1.165, 1.54) is 0 Å². The number of hydrogen-bond acceptors (Lipinski definition) is 4. The zero-order valence-corrected chi connectivity index (χ0v) is 14.9. The van der Waals surface area contributed by atoms with Gasteiger partial charge in [-0.15, -0.1) is 0 Å². The van der Waals surface area contributed by atoms with Gasteiger partial charge in [-0.1, -0.05) is 42.5 Å². The highest BCUT2D eigenvalue weighted by Crippen LogP contribution is 2.29. The fourth-order valence-electron chi connectivity index (χ4n) is 3.07. The number of carbonyl (C=O) groups is 2. The van der Waals surface area contributed by atoms with Crippen LogP contribution < -0.4 is 10.6 Å². The third kappa shape index (κ3) is 4.93. The Kier molecular flexibility index (Phi) is 6.06. The molecule has 6 nitrogen and oxygen atoms in total. The van der Waals surface area contributed by atoms with Crippen molar-refractivity contribution in [1.29, 1.82) is 0 Å². The molecule has 1 fully saturated rings. The number of nitrogens with one attached hydrogen (secondary N) is 2. The molecule has 1 heterocycles. The fourth-order valence-corrected chi connectivity index (χ4v) is 3.07. The van der Waals surface area contributed by atoms with E-state index in [0.29, 0.717) is 0 Å². The van der Waals surface area contributed by atoms with Gasteiger partial charge in [0.2, 0.25) is 11.8 Å². The summed E-state index contributed by atoms with van der Waals surface area (Å²) in [6.07, 6.45) is 4.69. The molecule has 1 saturated carbocycles. The smallest absolute Gasteiger partial charge is 0.223 e.